The SMILES string of the molecule is CCc1cc(O)ccc1C1CCC2C(c3ncc(C4=CCN(C(=O)CN5CCN(C)CC5)C4)[nH]3)NNC2C1F. The van der Waals surface area contributed by atoms with Gasteiger partial charge >= 0.3 is 0 Å². The fourth-order valence-electron chi connectivity index (χ4n) is 6.80. The maximum absolute atomic E-state index is 15.9. The number of aryl methyl sites for hydroxylation is 1. The highest BCUT2D eigenvalue weighted by molar-refractivity contribution is 5.82. The molecule has 39 heavy (non-hydrogen) atoms. The third-order valence-electron chi connectivity index (χ3n) is 9.20. The van der Waals surface area contributed by atoms with Gasteiger partial charge in [0.25, 0.3) is 0 Å². The molecule has 0 radical (unpaired) electrons. The molecule has 5 atom stereocenters. The van der Waals surface area contributed by atoms with Gasteiger partial charge < -0.3 is 19.9 Å². The van der Waals surface area contributed by atoms with E-state index in [9.17, 15) is 9.90 Å². The van der Waals surface area contributed by atoms with Gasteiger partial charge in [-0.3, -0.25) is 15.1 Å². The van der Waals surface area contributed by atoms with Crippen molar-refractivity contribution in [2.75, 3.05) is 52.9 Å². The number of alkyl halides is 1. The predicted octanol–water partition coefficient (Wildman–Crippen LogP) is 2.20. The van der Waals surface area contributed by atoms with Crippen molar-refractivity contribution in [2.45, 2.75) is 50.4 Å². The van der Waals surface area contributed by atoms with Gasteiger partial charge in [0, 0.05) is 51.1 Å². The van der Waals surface area contributed by atoms with Crippen molar-refractivity contribution in [1.29, 1.82) is 0 Å². The third-order valence-corrected chi connectivity index (χ3v) is 9.20. The van der Waals surface area contributed by atoms with E-state index in [1.165, 1.54) is 0 Å². The number of piperazine rings is 1. The highest BCUT2D eigenvalue weighted by Gasteiger charge is 2.48. The van der Waals surface area contributed by atoms with Crippen LogP contribution in [0.1, 0.15) is 54.4 Å². The van der Waals surface area contributed by atoms with Crippen LogP contribution in [-0.4, -0.2) is 101 Å². The first-order chi connectivity index (χ1) is 18.9. The summed E-state index contributed by atoms with van der Waals surface area (Å²) in [6, 6.07) is 4.90. The van der Waals surface area contributed by atoms with Gasteiger partial charge in [-0.05, 0) is 55.1 Å². The molecular weight excluding hydrogens is 497 g/mol. The summed E-state index contributed by atoms with van der Waals surface area (Å²) in [7, 11) is 2.12. The molecule has 9 nitrogen and oxygen atoms in total. The number of hydrogen-bond donors (Lipinski definition) is 4. The molecule has 1 amide bonds. The molecule has 4 aliphatic rings. The van der Waals surface area contributed by atoms with Gasteiger partial charge in [0.15, 0.2) is 0 Å². The Bertz CT molecular complexity index is 1220. The number of hydrogen-bond acceptors (Lipinski definition) is 7. The van der Waals surface area contributed by atoms with Crippen LogP contribution >= 0.6 is 0 Å². The number of imidazole rings is 1. The Morgan fingerprint density at radius 2 is 2.00 bits per heavy atom. The molecule has 1 aromatic carbocycles. The number of carbonyl (C=O) groups is 1. The van der Waals surface area contributed by atoms with E-state index in [-0.39, 0.29) is 35.6 Å². The highest BCUT2D eigenvalue weighted by atomic mass is 19.1. The van der Waals surface area contributed by atoms with E-state index in [4.69, 9.17) is 0 Å². The molecule has 0 spiro atoms. The molecule has 0 bridgehead atoms. The number of phenolic OH excluding ortho intramolecular Hbond substituents is 1. The smallest absolute Gasteiger partial charge is 0.237 e. The number of H-pyrrole nitrogens is 1. The number of aromatic hydroxyl groups is 1. The molecule has 2 saturated heterocycles. The fraction of sp³-hybridized carbons (Fsp3) is 0.586. The second-order valence-electron chi connectivity index (χ2n) is 11.6. The average molecular weight is 538 g/mol. The second kappa shape index (κ2) is 11.0. The van der Waals surface area contributed by atoms with Crippen LogP contribution in [0.15, 0.2) is 30.5 Å². The average Bonchev–Trinajstić information content (AvgIpc) is 3.70. The van der Waals surface area contributed by atoms with Gasteiger partial charge in [-0.1, -0.05) is 19.1 Å². The van der Waals surface area contributed by atoms with Gasteiger partial charge in [-0.15, -0.1) is 0 Å². The Kier molecular flexibility index (Phi) is 7.45. The predicted molar refractivity (Wildman–Crippen MR) is 148 cm³/mol. The van der Waals surface area contributed by atoms with Crippen molar-refractivity contribution < 1.29 is 14.3 Å². The van der Waals surface area contributed by atoms with Crippen molar-refractivity contribution in [1.82, 2.24) is 35.5 Å². The zero-order valence-electron chi connectivity index (χ0n) is 22.9. The molecule has 4 N–H and O–H groups in total. The molecule has 3 aliphatic heterocycles. The molecule has 1 saturated carbocycles. The minimum atomic E-state index is -1.04. The van der Waals surface area contributed by atoms with Crippen LogP contribution < -0.4 is 10.9 Å². The zero-order valence-corrected chi connectivity index (χ0v) is 22.9. The van der Waals surface area contributed by atoms with Crippen molar-refractivity contribution >= 4 is 11.5 Å². The number of hydrazine groups is 1. The van der Waals surface area contributed by atoms with Crippen molar-refractivity contribution in [3.8, 4) is 5.75 Å². The van der Waals surface area contributed by atoms with Crippen LogP contribution in [0.25, 0.3) is 5.57 Å². The first-order valence-electron chi connectivity index (χ1n) is 14.3. The molecule has 1 aliphatic carbocycles. The number of nitrogens with zero attached hydrogens (tertiary/aromatic N) is 4. The molecule has 5 unspecified atom stereocenters. The molecule has 2 aromatic rings. The number of aromatic nitrogens is 2. The molecular formula is C29H40FN7O2. The number of nitrogens with one attached hydrogen (secondary N) is 3. The summed E-state index contributed by atoms with van der Waals surface area (Å²) in [6.45, 7) is 7.57. The monoisotopic (exact) mass is 537 g/mol. The molecule has 4 heterocycles. The third kappa shape index (κ3) is 5.23. The first kappa shape index (κ1) is 26.4. The number of likely N-dealkylation sites (N-methyl/N-ethyl adjacent to an activating group) is 1. The fourth-order valence-corrected chi connectivity index (χ4v) is 6.80. The topological polar surface area (TPSA) is 99.8 Å². The van der Waals surface area contributed by atoms with Crippen molar-refractivity contribution in [3.05, 3.63) is 53.1 Å². The Balaban J connectivity index is 1.07. The number of rotatable bonds is 6. The van der Waals surface area contributed by atoms with Gasteiger partial charge in [-0.25, -0.2) is 14.8 Å². The lowest BCUT2D eigenvalue weighted by molar-refractivity contribution is -0.131. The van der Waals surface area contributed by atoms with Crippen LogP contribution in [-0.2, 0) is 11.2 Å². The zero-order chi connectivity index (χ0) is 27.1. The van der Waals surface area contributed by atoms with Gasteiger partial charge in [0.1, 0.15) is 17.7 Å². The Morgan fingerprint density at radius 1 is 1.18 bits per heavy atom. The minimum absolute atomic E-state index is 0.0802. The summed E-state index contributed by atoms with van der Waals surface area (Å²) in [6.07, 6.45) is 5.30. The first-order valence-corrected chi connectivity index (χ1v) is 14.3. The lowest BCUT2D eigenvalue weighted by atomic mass is 9.71. The molecule has 210 valence electrons. The van der Waals surface area contributed by atoms with E-state index < -0.39 is 6.17 Å². The van der Waals surface area contributed by atoms with Crippen LogP contribution in [0.3, 0.4) is 0 Å². The van der Waals surface area contributed by atoms with E-state index in [2.05, 4.69) is 43.7 Å². The quantitative estimate of drug-likeness (QED) is 0.448. The second-order valence-corrected chi connectivity index (χ2v) is 11.6. The standard InChI is InChI=1S/C29H40FN7O2/c1-3-18-14-20(38)4-5-21(18)22-6-7-23-27(26(22)30)33-34-28(23)29-31-15-24(32-29)19-8-9-37(16-19)25(39)17-36-12-10-35(2)11-13-36/h4-5,8,14-15,22-23,26-28,33-34,38H,3,6-7,9-13,16-17H2,1-2H3,(H,31,32). The van der Waals surface area contributed by atoms with E-state index in [1.807, 2.05) is 24.1 Å². The van der Waals surface area contributed by atoms with Crippen LogP contribution in [0, 0.1) is 5.92 Å². The van der Waals surface area contributed by atoms with Crippen LogP contribution in [0.5, 0.6) is 5.75 Å². The Labute approximate surface area is 229 Å². The molecule has 1 aromatic heterocycles. The molecule has 10 heteroatoms. The number of benzene rings is 1. The van der Waals surface area contributed by atoms with Crippen LogP contribution in [0.2, 0.25) is 0 Å². The molecule has 3 fully saturated rings. The highest BCUT2D eigenvalue weighted by Crippen LogP contribution is 2.45. The lowest BCUT2D eigenvalue weighted by Crippen LogP contribution is -2.48. The van der Waals surface area contributed by atoms with Crippen molar-refractivity contribution in [2.24, 2.45) is 5.92 Å². The van der Waals surface area contributed by atoms with E-state index >= 15 is 4.39 Å². The van der Waals surface area contributed by atoms with Crippen LogP contribution in [0.4, 0.5) is 4.39 Å². The number of fused-ring (bicyclic) bond motifs is 1. The van der Waals surface area contributed by atoms with Gasteiger partial charge in [-0.2, -0.15) is 0 Å². The summed E-state index contributed by atoms with van der Waals surface area (Å²) in [5.41, 5.74) is 10.6. The lowest BCUT2D eigenvalue weighted by Gasteiger charge is -2.36. The number of amides is 1. The number of phenols is 1. The molecule has 6 rings (SSSR count). The normalized spacial score (nSPS) is 30.0. The number of carbonyl (C=O) groups excluding carboxylic acids is 1. The van der Waals surface area contributed by atoms with Gasteiger partial charge in [0.05, 0.1) is 30.5 Å². The summed E-state index contributed by atoms with van der Waals surface area (Å²) in [5.74, 6) is 1.09. The summed E-state index contributed by atoms with van der Waals surface area (Å²) < 4.78 is 15.9. The maximum atomic E-state index is 15.9. The largest absolute Gasteiger partial charge is 0.508 e. The van der Waals surface area contributed by atoms with E-state index in [0.717, 1.165) is 73.7 Å². The summed E-state index contributed by atoms with van der Waals surface area (Å²) in [5, 5.41) is 9.89. The van der Waals surface area contributed by atoms with Gasteiger partial charge in [0.2, 0.25) is 5.91 Å². The van der Waals surface area contributed by atoms with E-state index in [0.29, 0.717) is 19.6 Å². The number of halogens is 1. The Morgan fingerprint density at radius 3 is 2.79 bits per heavy atom. The Hall–Kier alpha value is -2.79. The minimum Gasteiger partial charge on any atom is -0.508 e. The number of aromatic amines is 1. The summed E-state index contributed by atoms with van der Waals surface area (Å²) >= 11 is 0. The maximum Gasteiger partial charge on any atom is 0.237 e. The van der Waals surface area contributed by atoms with E-state index in [1.54, 1.807) is 12.1 Å². The van der Waals surface area contributed by atoms with Crippen molar-refractivity contribution in [3.63, 3.8) is 0 Å². The summed E-state index contributed by atoms with van der Waals surface area (Å²) in [4.78, 5) is 27.5.